The summed E-state index contributed by atoms with van der Waals surface area (Å²) < 4.78 is 10.9. The minimum Gasteiger partial charge on any atom is -0.466 e. The first-order valence-electron chi connectivity index (χ1n) is 14.9. The Hall–Kier alpha value is -3.87. The molecule has 1 fully saturated rings. The van der Waals surface area contributed by atoms with Gasteiger partial charge in [-0.2, -0.15) is 0 Å². The number of nitrogens with zero attached hydrogens (tertiary/aromatic N) is 1. The summed E-state index contributed by atoms with van der Waals surface area (Å²) in [4.78, 5) is 28.9. The van der Waals surface area contributed by atoms with Crippen LogP contribution in [0.4, 0.5) is 0 Å². The third-order valence-corrected chi connectivity index (χ3v) is 9.16. The Labute approximate surface area is 259 Å². The van der Waals surface area contributed by atoms with E-state index in [1.54, 1.807) is 13.0 Å². The second-order valence-electron chi connectivity index (χ2n) is 11.3. The van der Waals surface area contributed by atoms with Gasteiger partial charge in [0.25, 0.3) is 0 Å². The summed E-state index contributed by atoms with van der Waals surface area (Å²) >= 11 is 6.57. The highest BCUT2D eigenvalue weighted by Crippen LogP contribution is 2.43. The van der Waals surface area contributed by atoms with Gasteiger partial charge in [-0.1, -0.05) is 90.5 Å². The van der Waals surface area contributed by atoms with Gasteiger partial charge in [0, 0.05) is 28.4 Å². The number of piperidine rings is 1. The molecule has 5 rings (SSSR count). The number of carbonyl (C=O) groups is 2. The standard InChI is InChI=1S/C36H39ClN2O4/c1-25-31(34(40)42-3)33(29-17-10-11-18-30(29)37)32(26(2)38-25)35(41)43-24-12-21-39-22-19-36(20-23-39,27-13-6-4-7-14-27)28-15-8-5-9-16-28/h4-11,13-18,33,38H,12,19-24H2,1-3H3. The largest absolute Gasteiger partial charge is 0.466 e. The van der Waals surface area contributed by atoms with Gasteiger partial charge in [0.05, 0.1) is 30.8 Å². The maximum atomic E-state index is 13.6. The molecule has 7 heteroatoms. The van der Waals surface area contributed by atoms with E-state index in [4.69, 9.17) is 21.1 Å². The number of methoxy groups -OCH3 is 1. The minimum atomic E-state index is -0.693. The van der Waals surface area contributed by atoms with Crippen LogP contribution in [0.5, 0.6) is 0 Å². The van der Waals surface area contributed by atoms with Crippen LogP contribution in [0.25, 0.3) is 0 Å². The summed E-state index contributed by atoms with van der Waals surface area (Å²) in [6, 6.07) is 28.9. The lowest BCUT2D eigenvalue weighted by molar-refractivity contribution is -0.139. The molecular weight excluding hydrogens is 560 g/mol. The Morgan fingerprint density at radius 3 is 1.93 bits per heavy atom. The van der Waals surface area contributed by atoms with Crippen molar-refractivity contribution >= 4 is 23.5 Å². The Morgan fingerprint density at radius 1 is 0.837 bits per heavy atom. The van der Waals surface area contributed by atoms with Crippen molar-refractivity contribution in [3.8, 4) is 0 Å². The van der Waals surface area contributed by atoms with E-state index in [1.807, 2.05) is 25.1 Å². The molecule has 6 nitrogen and oxygen atoms in total. The van der Waals surface area contributed by atoms with Gasteiger partial charge in [-0.15, -0.1) is 0 Å². The number of allylic oxidation sites excluding steroid dienone is 2. The summed E-state index contributed by atoms with van der Waals surface area (Å²) in [5, 5.41) is 3.64. The third-order valence-electron chi connectivity index (χ3n) is 8.82. The van der Waals surface area contributed by atoms with Crippen LogP contribution in [-0.2, 0) is 24.5 Å². The summed E-state index contributed by atoms with van der Waals surface area (Å²) in [6.07, 6.45) is 2.77. The quantitative estimate of drug-likeness (QED) is 0.217. The van der Waals surface area contributed by atoms with Gasteiger partial charge >= 0.3 is 11.9 Å². The first-order chi connectivity index (χ1) is 20.9. The summed E-state index contributed by atoms with van der Waals surface area (Å²) in [5.41, 5.74) is 5.36. The fourth-order valence-corrected chi connectivity index (χ4v) is 6.86. The molecule has 2 aliphatic heterocycles. The van der Waals surface area contributed by atoms with Gasteiger partial charge in [-0.05, 0) is 69.0 Å². The summed E-state index contributed by atoms with van der Waals surface area (Å²) in [5.74, 6) is -1.67. The Morgan fingerprint density at radius 2 is 1.37 bits per heavy atom. The van der Waals surface area contributed by atoms with Crippen molar-refractivity contribution in [3.63, 3.8) is 0 Å². The smallest absolute Gasteiger partial charge is 0.336 e. The molecule has 0 saturated carbocycles. The van der Waals surface area contributed by atoms with Crippen LogP contribution in [0.1, 0.15) is 55.7 Å². The molecule has 0 aromatic heterocycles. The zero-order valence-corrected chi connectivity index (χ0v) is 25.8. The maximum absolute atomic E-state index is 13.6. The van der Waals surface area contributed by atoms with E-state index in [1.165, 1.54) is 18.2 Å². The average Bonchev–Trinajstić information content (AvgIpc) is 3.04. The van der Waals surface area contributed by atoms with Crippen LogP contribution in [0.2, 0.25) is 5.02 Å². The highest BCUT2D eigenvalue weighted by atomic mass is 35.5. The summed E-state index contributed by atoms with van der Waals surface area (Å²) in [7, 11) is 1.33. The van der Waals surface area contributed by atoms with E-state index in [-0.39, 0.29) is 12.0 Å². The number of halogens is 1. The molecular formula is C36H39ClN2O4. The van der Waals surface area contributed by atoms with Crippen molar-refractivity contribution in [2.24, 2.45) is 0 Å². The predicted molar refractivity (Wildman–Crippen MR) is 170 cm³/mol. The van der Waals surface area contributed by atoms with E-state index >= 15 is 0 Å². The molecule has 0 amide bonds. The number of rotatable bonds is 9. The van der Waals surface area contributed by atoms with Gasteiger partial charge in [0.15, 0.2) is 0 Å². The van der Waals surface area contributed by atoms with Gasteiger partial charge in [0.2, 0.25) is 0 Å². The second-order valence-corrected chi connectivity index (χ2v) is 11.7. The molecule has 224 valence electrons. The van der Waals surface area contributed by atoms with Gasteiger partial charge in [-0.25, -0.2) is 9.59 Å². The highest BCUT2D eigenvalue weighted by Gasteiger charge is 2.39. The maximum Gasteiger partial charge on any atom is 0.336 e. The Kier molecular flexibility index (Phi) is 9.69. The predicted octanol–water partition coefficient (Wildman–Crippen LogP) is 6.76. The van der Waals surface area contributed by atoms with Crippen LogP contribution in [0.15, 0.2) is 107 Å². The zero-order valence-electron chi connectivity index (χ0n) is 25.1. The number of likely N-dealkylation sites (tertiary alicyclic amines) is 1. The zero-order chi connectivity index (χ0) is 30.4. The van der Waals surface area contributed by atoms with Crippen molar-refractivity contribution in [1.82, 2.24) is 10.2 Å². The van der Waals surface area contributed by atoms with Gasteiger partial charge in [0.1, 0.15) is 0 Å². The lowest BCUT2D eigenvalue weighted by Gasteiger charge is -2.43. The number of dihydropyridines is 1. The highest BCUT2D eigenvalue weighted by molar-refractivity contribution is 6.31. The van der Waals surface area contributed by atoms with E-state index < -0.39 is 17.9 Å². The number of nitrogens with one attached hydrogen (secondary N) is 1. The normalized spacial score (nSPS) is 18.7. The lowest BCUT2D eigenvalue weighted by atomic mass is 9.68. The van der Waals surface area contributed by atoms with E-state index in [9.17, 15) is 9.59 Å². The monoisotopic (exact) mass is 598 g/mol. The Balaban J connectivity index is 1.23. The molecule has 0 radical (unpaired) electrons. The van der Waals surface area contributed by atoms with Crippen molar-refractivity contribution in [3.05, 3.63) is 129 Å². The topological polar surface area (TPSA) is 67.9 Å². The molecule has 1 saturated heterocycles. The number of ether oxygens (including phenoxy) is 2. The molecule has 0 bridgehead atoms. The third kappa shape index (κ3) is 6.41. The fraction of sp³-hybridized carbons (Fsp3) is 0.333. The molecule has 2 aliphatic rings. The SMILES string of the molecule is COC(=O)C1=C(C)NC(C)=C(C(=O)OCCCN2CCC(c3ccccc3)(c3ccccc3)CC2)C1c1ccccc1Cl. The first kappa shape index (κ1) is 30.6. The number of esters is 2. The van der Waals surface area contributed by atoms with E-state index in [0.717, 1.165) is 32.5 Å². The second kappa shape index (κ2) is 13.6. The average molecular weight is 599 g/mol. The summed E-state index contributed by atoms with van der Waals surface area (Å²) in [6.45, 7) is 6.66. The van der Waals surface area contributed by atoms with E-state index in [2.05, 4.69) is 70.9 Å². The fourth-order valence-electron chi connectivity index (χ4n) is 6.61. The molecule has 1 unspecified atom stereocenters. The van der Waals surface area contributed by atoms with Crippen molar-refractivity contribution in [2.75, 3.05) is 33.4 Å². The molecule has 3 aromatic rings. The Bertz CT molecular complexity index is 1470. The first-order valence-corrected chi connectivity index (χ1v) is 15.3. The molecule has 0 spiro atoms. The number of benzene rings is 3. The van der Waals surface area contributed by atoms with Gasteiger partial charge < -0.3 is 19.7 Å². The van der Waals surface area contributed by atoms with Crippen LogP contribution in [-0.4, -0.2) is 50.2 Å². The van der Waals surface area contributed by atoms with Crippen LogP contribution in [0, 0.1) is 0 Å². The lowest BCUT2D eigenvalue weighted by Crippen LogP contribution is -2.43. The van der Waals surface area contributed by atoms with Crippen molar-refractivity contribution in [1.29, 1.82) is 0 Å². The van der Waals surface area contributed by atoms with Crippen molar-refractivity contribution < 1.29 is 19.1 Å². The van der Waals surface area contributed by atoms with E-state index in [0.29, 0.717) is 39.5 Å². The molecule has 1 atom stereocenters. The molecule has 43 heavy (non-hydrogen) atoms. The van der Waals surface area contributed by atoms with Crippen molar-refractivity contribution in [2.45, 2.75) is 44.4 Å². The molecule has 0 aliphatic carbocycles. The number of hydrogen-bond donors (Lipinski definition) is 1. The van der Waals surface area contributed by atoms with Crippen LogP contribution in [0.3, 0.4) is 0 Å². The number of hydrogen-bond acceptors (Lipinski definition) is 6. The molecule has 1 N–H and O–H groups in total. The van der Waals surface area contributed by atoms with Crippen LogP contribution >= 0.6 is 11.6 Å². The van der Waals surface area contributed by atoms with Crippen LogP contribution < -0.4 is 5.32 Å². The number of carbonyl (C=O) groups excluding carboxylic acids is 2. The van der Waals surface area contributed by atoms with Gasteiger partial charge in [-0.3, -0.25) is 0 Å². The minimum absolute atomic E-state index is 0.000187. The molecule has 3 aromatic carbocycles. The molecule has 2 heterocycles.